The summed E-state index contributed by atoms with van der Waals surface area (Å²) in [6.45, 7) is 2.15. The summed E-state index contributed by atoms with van der Waals surface area (Å²) < 4.78 is 1.94. The van der Waals surface area contributed by atoms with E-state index in [1.807, 2.05) is 35.1 Å². The van der Waals surface area contributed by atoms with Gasteiger partial charge in [-0.15, -0.1) is 11.6 Å². The van der Waals surface area contributed by atoms with E-state index in [2.05, 4.69) is 12.0 Å². The Balaban J connectivity index is 2.43. The van der Waals surface area contributed by atoms with Gasteiger partial charge < -0.3 is 0 Å². The predicted octanol–water partition coefficient (Wildman–Crippen LogP) is 4.22. The van der Waals surface area contributed by atoms with E-state index < -0.39 is 0 Å². The summed E-state index contributed by atoms with van der Waals surface area (Å²) in [5, 5.41) is 5.13. The monoisotopic (exact) mass is 268 g/mol. The average molecular weight is 269 g/mol. The second-order valence-electron chi connectivity index (χ2n) is 3.89. The molecule has 0 saturated carbocycles. The maximum Gasteiger partial charge on any atom is 0.0649 e. The Morgan fingerprint density at radius 3 is 2.53 bits per heavy atom. The van der Waals surface area contributed by atoms with Gasteiger partial charge in [-0.3, -0.25) is 0 Å². The molecule has 2 rings (SSSR count). The molecule has 0 bridgehead atoms. The lowest BCUT2D eigenvalue weighted by molar-refractivity contribution is 0.771. The minimum absolute atomic E-state index is 0.503. The first kappa shape index (κ1) is 12.5. The number of aromatic nitrogens is 2. The van der Waals surface area contributed by atoms with Crippen molar-refractivity contribution in [1.29, 1.82) is 0 Å². The van der Waals surface area contributed by atoms with Gasteiger partial charge in [-0.2, -0.15) is 5.10 Å². The zero-order chi connectivity index (χ0) is 12.3. The van der Waals surface area contributed by atoms with Crippen molar-refractivity contribution in [3.8, 4) is 5.69 Å². The second-order valence-corrected chi connectivity index (χ2v) is 4.59. The van der Waals surface area contributed by atoms with Gasteiger partial charge in [0.25, 0.3) is 0 Å². The molecule has 0 atom stereocenters. The summed E-state index contributed by atoms with van der Waals surface area (Å²) in [6.07, 6.45) is 3.89. The van der Waals surface area contributed by atoms with Crippen molar-refractivity contribution in [1.82, 2.24) is 9.78 Å². The SMILES string of the molecule is CCCc1c(CCl)cnn1-c1ccc(Cl)cc1. The van der Waals surface area contributed by atoms with E-state index in [0.29, 0.717) is 5.88 Å². The summed E-state index contributed by atoms with van der Waals surface area (Å²) in [6, 6.07) is 7.67. The number of alkyl halides is 1. The zero-order valence-corrected chi connectivity index (χ0v) is 11.2. The van der Waals surface area contributed by atoms with Crippen LogP contribution in [0.1, 0.15) is 24.6 Å². The summed E-state index contributed by atoms with van der Waals surface area (Å²) in [5.41, 5.74) is 3.31. The van der Waals surface area contributed by atoms with Crippen molar-refractivity contribution in [3.05, 3.63) is 46.7 Å². The van der Waals surface area contributed by atoms with E-state index in [-0.39, 0.29) is 0 Å². The molecule has 0 aliphatic carbocycles. The Kier molecular flexibility index (Phi) is 4.08. The van der Waals surface area contributed by atoms with Gasteiger partial charge in [0.05, 0.1) is 17.8 Å². The molecule has 0 aliphatic heterocycles. The van der Waals surface area contributed by atoms with Crippen molar-refractivity contribution in [3.63, 3.8) is 0 Å². The molecule has 1 aromatic carbocycles. The third kappa shape index (κ3) is 2.64. The van der Waals surface area contributed by atoms with E-state index in [1.165, 1.54) is 5.69 Å². The van der Waals surface area contributed by atoms with Gasteiger partial charge in [0, 0.05) is 16.3 Å². The molecule has 4 heteroatoms. The minimum atomic E-state index is 0.503. The Hall–Kier alpha value is -0.990. The highest BCUT2D eigenvalue weighted by Gasteiger charge is 2.10. The zero-order valence-electron chi connectivity index (χ0n) is 9.66. The van der Waals surface area contributed by atoms with Crippen LogP contribution in [0.2, 0.25) is 5.02 Å². The lowest BCUT2D eigenvalue weighted by atomic mass is 10.2. The van der Waals surface area contributed by atoms with Crippen molar-refractivity contribution in [2.24, 2.45) is 0 Å². The quantitative estimate of drug-likeness (QED) is 0.760. The maximum absolute atomic E-state index is 5.92. The van der Waals surface area contributed by atoms with Crippen LogP contribution in [0.5, 0.6) is 0 Å². The number of nitrogens with zero attached hydrogens (tertiary/aromatic N) is 2. The molecule has 1 aromatic heterocycles. The van der Waals surface area contributed by atoms with Gasteiger partial charge in [0.15, 0.2) is 0 Å². The number of halogens is 2. The number of hydrogen-bond donors (Lipinski definition) is 0. The molecule has 2 aromatic rings. The highest BCUT2D eigenvalue weighted by molar-refractivity contribution is 6.30. The summed E-state index contributed by atoms with van der Waals surface area (Å²) in [7, 11) is 0. The van der Waals surface area contributed by atoms with E-state index in [9.17, 15) is 0 Å². The van der Waals surface area contributed by atoms with Crippen LogP contribution in [0.25, 0.3) is 5.69 Å². The molecule has 2 nitrogen and oxygen atoms in total. The Morgan fingerprint density at radius 1 is 1.24 bits per heavy atom. The largest absolute Gasteiger partial charge is 0.238 e. The van der Waals surface area contributed by atoms with Crippen LogP contribution in [-0.4, -0.2) is 9.78 Å². The van der Waals surface area contributed by atoms with E-state index in [4.69, 9.17) is 23.2 Å². The predicted molar refractivity (Wildman–Crippen MR) is 72.1 cm³/mol. The molecular weight excluding hydrogens is 255 g/mol. The van der Waals surface area contributed by atoms with Crippen molar-refractivity contribution >= 4 is 23.2 Å². The molecule has 0 aliphatic rings. The molecule has 0 amide bonds. The second kappa shape index (κ2) is 5.56. The molecule has 0 saturated heterocycles. The van der Waals surface area contributed by atoms with Gasteiger partial charge >= 0.3 is 0 Å². The van der Waals surface area contributed by atoms with Crippen LogP contribution in [0.4, 0.5) is 0 Å². The summed E-state index contributed by atoms with van der Waals surface area (Å²) >= 11 is 11.8. The van der Waals surface area contributed by atoms with Crippen LogP contribution in [0.15, 0.2) is 30.5 Å². The molecule has 0 unspecified atom stereocenters. The van der Waals surface area contributed by atoms with Crippen LogP contribution in [0.3, 0.4) is 0 Å². The smallest absolute Gasteiger partial charge is 0.0649 e. The highest BCUT2D eigenvalue weighted by Crippen LogP contribution is 2.19. The van der Waals surface area contributed by atoms with Crippen LogP contribution >= 0.6 is 23.2 Å². The highest BCUT2D eigenvalue weighted by atomic mass is 35.5. The van der Waals surface area contributed by atoms with Gasteiger partial charge in [-0.1, -0.05) is 24.9 Å². The first-order valence-electron chi connectivity index (χ1n) is 5.64. The molecule has 0 fully saturated rings. The number of benzene rings is 1. The third-order valence-corrected chi connectivity index (χ3v) is 3.20. The maximum atomic E-state index is 5.92. The molecule has 0 spiro atoms. The third-order valence-electron chi connectivity index (χ3n) is 2.66. The number of rotatable bonds is 4. The topological polar surface area (TPSA) is 17.8 Å². The van der Waals surface area contributed by atoms with Crippen molar-refractivity contribution < 1.29 is 0 Å². The molecular formula is C13H14Cl2N2. The fraction of sp³-hybridized carbons (Fsp3) is 0.308. The molecule has 0 radical (unpaired) electrons. The summed E-state index contributed by atoms with van der Waals surface area (Å²) in [5.74, 6) is 0.503. The fourth-order valence-electron chi connectivity index (χ4n) is 1.83. The van der Waals surface area contributed by atoms with Crippen LogP contribution < -0.4 is 0 Å². The first-order valence-corrected chi connectivity index (χ1v) is 6.55. The van der Waals surface area contributed by atoms with Crippen LogP contribution in [-0.2, 0) is 12.3 Å². The summed E-state index contributed by atoms with van der Waals surface area (Å²) in [4.78, 5) is 0. The fourth-order valence-corrected chi connectivity index (χ4v) is 2.18. The van der Waals surface area contributed by atoms with Gasteiger partial charge in [0.2, 0.25) is 0 Å². The molecule has 90 valence electrons. The minimum Gasteiger partial charge on any atom is -0.238 e. The molecule has 17 heavy (non-hydrogen) atoms. The lowest BCUT2D eigenvalue weighted by Crippen LogP contribution is -2.03. The van der Waals surface area contributed by atoms with Crippen molar-refractivity contribution in [2.75, 3.05) is 0 Å². The molecule has 0 N–H and O–H groups in total. The Morgan fingerprint density at radius 2 is 1.94 bits per heavy atom. The average Bonchev–Trinajstić information content (AvgIpc) is 2.74. The van der Waals surface area contributed by atoms with E-state index in [1.54, 1.807) is 0 Å². The first-order chi connectivity index (χ1) is 8.26. The Bertz CT molecular complexity index is 489. The van der Waals surface area contributed by atoms with Crippen LogP contribution in [0, 0.1) is 0 Å². The Labute approximate surface area is 111 Å². The van der Waals surface area contributed by atoms with Crippen molar-refractivity contribution in [2.45, 2.75) is 25.6 Å². The lowest BCUT2D eigenvalue weighted by Gasteiger charge is -2.08. The van der Waals surface area contributed by atoms with Gasteiger partial charge in [-0.25, -0.2) is 4.68 Å². The van der Waals surface area contributed by atoms with Gasteiger partial charge in [0.1, 0.15) is 0 Å². The normalized spacial score (nSPS) is 10.8. The standard InChI is InChI=1S/C13H14Cl2N2/c1-2-3-13-10(8-14)9-16-17(13)12-6-4-11(15)5-7-12/h4-7,9H,2-3,8H2,1H3. The van der Waals surface area contributed by atoms with E-state index in [0.717, 1.165) is 29.1 Å². The van der Waals surface area contributed by atoms with Gasteiger partial charge in [-0.05, 0) is 30.7 Å². The van der Waals surface area contributed by atoms with E-state index >= 15 is 0 Å². The number of hydrogen-bond acceptors (Lipinski definition) is 1. The molecule has 1 heterocycles.